The number of hydrogen-bond acceptors (Lipinski definition) is 4. The van der Waals surface area contributed by atoms with Gasteiger partial charge >= 0.3 is 0 Å². The molecule has 156 valence electrons. The Morgan fingerprint density at radius 1 is 0.900 bits per heavy atom. The van der Waals surface area contributed by atoms with Crippen molar-refractivity contribution in [2.24, 2.45) is 0 Å². The van der Waals surface area contributed by atoms with E-state index >= 15 is 0 Å². The number of thiocarbonyl (C=S) groups is 1. The van der Waals surface area contributed by atoms with Crippen molar-refractivity contribution < 1.29 is 14.6 Å². The van der Waals surface area contributed by atoms with E-state index in [1.807, 2.05) is 71.6 Å². The number of phenols is 1. The first-order valence-corrected chi connectivity index (χ1v) is 10.1. The van der Waals surface area contributed by atoms with E-state index in [0.717, 1.165) is 29.2 Å². The summed E-state index contributed by atoms with van der Waals surface area (Å²) in [5.41, 5.74) is 2.91. The molecule has 0 spiro atoms. The van der Waals surface area contributed by atoms with Crippen LogP contribution in [0.5, 0.6) is 17.2 Å². The second kappa shape index (κ2) is 10.5. The minimum absolute atomic E-state index is 0.247. The zero-order valence-electron chi connectivity index (χ0n) is 17.2. The molecule has 0 aromatic heterocycles. The van der Waals surface area contributed by atoms with Crippen molar-refractivity contribution in [1.29, 1.82) is 0 Å². The van der Waals surface area contributed by atoms with Gasteiger partial charge < -0.3 is 24.8 Å². The van der Waals surface area contributed by atoms with Crippen molar-refractivity contribution in [2.75, 3.05) is 25.7 Å². The smallest absolute Gasteiger partial charge is 0.173 e. The van der Waals surface area contributed by atoms with Crippen LogP contribution in [-0.4, -0.2) is 31.0 Å². The molecule has 3 aromatic rings. The lowest BCUT2D eigenvalue weighted by atomic mass is 10.1. The molecule has 0 bridgehead atoms. The zero-order chi connectivity index (χ0) is 21.3. The Bertz CT molecular complexity index is 959. The van der Waals surface area contributed by atoms with E-state index in [1.54, 1.807) is 20.3 Å². The Hall–Kier alpha value is -3.25. The van der Waals surface area contributed by atoms with Crippen molar-refractivity contribution in [3.05, 3.63) is 83.9 Å². The molecule has 0 aliphatic heterocycles. The number of aromatic hydroxyl groups is 1. The Labute approximate surface area is 182 Å². The van der Waals surface area contributed by atoms with E-state index in [-0.39, 0.29) is 5.75 Å². The van der Waals surface area contributed by atoms with Crippen LogP contribution in [0.2, 0.25) is 0 Å². The Balaban J connectivity index is 1.71. The first-order chi connectivity index (χ1) is 14.6. The number of para-hydroxylation sites is 1. The predicted octanol–water partition coefficient (Wildman–Crippen LogP) is 4.53. The largest absolute Gasteiger partial charge is 0.508 e. The number of ether oxygens (including phenoxy) is 2. The highest BCUT2D eigenvalue weighted by molar-refractivity contribution is 7.80. The fourth-order valence-electron chi connectivity index (χ4n) is 3.06. The first-order valence-electron chi connectivity index (χ1n) is 9.70. The van der Waals surface area contributed by atoms with Crippen LogP contribution in [0.15, 0.2) is 72.8 Å². The maximum Gasteiger partial charge on any atom is 0.173 e. The van der Waals surface area contributed by atoms with Gasteiger partial charge in [-0.25, -0.2) is 0 Å². The van der Waals surface area contributed by atoms with Crippen LogP contribution in [-0.2, 0) is 13.0 Å². The summed E-state index contributed by atoms with van der Waals surface area (Å²) in [6.45, 7) is 1.14. The summed E-state index contributed by atoms with van der Waals surface area (Å²) in [4.78, 5) is 1.97. The van der Waals surface area contributed by atoms with Crippen molar-refractivity contribution in [1.82, 2.24) is 5.32 Å². The van der Waals surface area contributed by atoms with Crippen LogP contribution in [0.3, 0.4) is 0 Å². The number of nitrogens with zero attached hydrogens (tertiary/aromatic N) is 1. The number of phenolic OH excluding ortho intramolecular Hbond substituents is 1. The summed E-state index contributed by atoms with van der Waals surface area (Å²) in [6, 6.07) is 23.0. The van der Waals surface area contributed by atoms with Gasteiger partial charge in [-0.2, -0.15) is 0 Å². The molecule has 0 saturated heterocycles. The van der Waals surface area contributed by atoms with Crippen LogP contribution < -0.4 is 19.7 Å². The van der Waals surface area contributed by atoms with Gasteiger partial charge in [-0.05, 0) is 66.7 Å². The Morgan fingerprint density at radius 2 is 1.50 bits per heavy atom. The first kappa shape index (κ1) is 21.5. The highest BCUT2D eigenvalue weighted by atomic mass is 32.1. The van der Waals surface area contributed by atoms with E-state index < -0.39 is 0 Å². The summed E-state index contributed by atoms with van der Waals surface area (Å²) < 4.78 is 10.5. The highest BCUT2D eigenvalue weighted by Gasteiger charge is 2.15. The van der Waals surface area contributed by atoms with E-state index in [1.165, 1.54) is 5.56 Å². The van der Waals surface area contributed by atoms with Gasteiger partial charge in [-0.15, -0.1) is 0 Å². The quantitative estimate of drug-likeness (QED) is 0.520. The van der Waals surface area contributed by atoms with Gasteiger partial charge in [0, 0.05) is 17.8 Å². The lowest BCUT2D eigenvalue weighted by Gasteiger charge is -2.26. The maximum absolute atomic E-state index is 10.2. The van der Waals surface area contributed by atoms with Gasteiger partial charge in [0.1, 0.15) is 17.2 Å². The number of nitrogens with one attached hydrogen (secondary N) is 1. The van der Waals surface area contributed by atoms with Crippen molar-refractivity contribution in [2.45, 2.75) is 13.0 Å². The summed E-state index contributed by atoms with van der Waals surface area (Å²) in [6.07, 6.45) is 0.831. The molecule has 3 aromatic carbocycles. The fraction of sp³-hybridized carbons (Fsp3) is 0.208. The molecular weight excluding hydrogens is 396 g/mol. The number of hydrogen-bond donors (Lipinski definition) is 2. The number of methoxy groups -OCH3 is 2. The Kier molecular flexibility index (Phi) is 7.51. The molecule has 2 N–H and O–H groups in total. The third kappa shape index (κ3) is 5.64. The van der Waals surface area contributed by atoms with Crippen LogP contribution in [0.1, 0.15) is 11.1 Å². The van der Waals surface area contributed by atoms with Gasteiger partial charge in [-0.3, -0.25) is 0 Å². The summed E-state index contributed by atoms with van der Waals surface area (Å²) in [5.74, 6) is 1.87. The second-order valence-corrected chi connectivity index (χ2v) is 7.13. The number of benzene rings is 3. The topological polar surface area (TPSA) is 54.0 Å². The Morgan fingerprint density at radius 3 is 2.10 bits per heavy atom. The fourth-order valence-corrected chi connectivity index (χ4v) is 3.33. The molecule has 0 atom stereocenters. The molecule has 0 radical (unpaired) electrons. The van der Waals surface area contributed by atoms with E-state index in [4.69, 9.17) is 21.7 Å². The molecular formula is C24H26N2O3S. The molecule has 5 nitrogen and oxygen atoms in total. The second-order valence-electron chi connectivity index (χ2n) is 6.74. The monoisotopic (exact) mass is 422 g/mol. The van der Waals surface area contributed by atoms with Crippen LogP contribution >= 0.6 is 12.2 Å². The molecule has 0 aliphatic carbocycles. The molecule has 0 amide bonds. The summed E-state index contributed by atoms with van der Waals surface area (Å²) >= 11 is 5.70. The predicted molar refractivity (Wildman–Crippen MR) is 125 cm³/mol. The lowest BCUT2D eigenvalue weighted by Crippen LogP contribution is -2.40. The van der Waals surface area contributed by atoms with Gasteiger partial charge in [0.05, 0.1) is 20.8 Å². The molecule has 0 aliphatic rings. The minimum atomic E-state index is 0.247. The molecule has 3 rings (SSSR count). The average Bonchev–Trinajstić information content (AvgIpc) is 2.79. The standard InChI is InChI=1S/C24H26N2O3S/c1-28-21-11-7-18(8-12-21)15-16-25-24(30)26(17-19-5-3-4-6-23(19)27)20-9-13-22(29-2)14-10-20/h3-14,27H,15-17H2,1-2H3,(H,25,30). The van der Waals surface area contributed by atoms with Gasteiger partial charge in [0.15, 0.2) is 5.11 Å². The van der Waals surface area contributed by atoms with Gasteiger partial charge in [-0.1, -0.05) is 30.3 Å². The minimum Gasteiger partial charge on any atom is -0.508 e. The number of anilines is 1. The van der Waals surface area contributed by atoms with E-state index in [9.17, 15) is 5.11 Å². The summed E-state index contributed by atoms with van der Waals surface area (Å²) in [7, 11) is 3.30. The molecule has 6 heteroatoms. The van der Waals surface area contributed by atoms with E-state index in [2.05, 4.69) is 5.32 Å². The maximum atomic E-state index is 10.2. The van der Waals surface area contributed by atoms with Crippen LogP contribution in [0.25, 0.3) is 0 Å². The van der Waals surface area contributed by atoms with Crippen LogP contribution in [0, 0.1) is 0 Å². The average molecular weight is 423 g/mol. The van der Waals surface area contributed by atoms with Crippen LogP contribution in [0.4, 0.5) is 5.69 Å². The highest BCUT2D eigenvalue weighted by Crippen LogP contribution is 2.24. The van der Waals surface area contributed by atoms with Crippen molar-refractivity contribution in [3.63, 3.8) is 0 Å². The van der Waals surface area contributed by atoms with Crippen molar-refractivity contribution >= 4 is 23.0 Å². The number of rotatable bonds is 8. The molecule has 0 heterocycles. The van der Waals surface area contributed by atoms with Crippen molar-refractivity contribution in [3.8, 4) is 17.2 Å². The summed E-state index contributed by atoms with van der Waals surface area (Å²) in [5, 5.41) is 14.2. The molecule has 30 heavy (non-hydrogen) atoms. The molecule has 0 fully saturated rings. The third-order valence-electron chi connectivity index (χ3n) is 4.80. The van der Waals surface area contributed by atoms with Gasteiger partial charge in [0.25, 0.3) is 0 Å². The molecule has 0 unspecified atom stereocenters. The van der Waals surface area contributed by atoms with Gasteiger partial charge in [0.2, 0.25) is 0 Å². The lowest BCUT2D eigenvalue weighted by molar-refractivity contribution is 0.414. The zero-order valence-corrected chi connectivity index (χ0v) is 18.0. The SMILES string of the molecule is COc1ccc(CCNC(=S)N(Cc2ccccc2O)c2ccc(OC)cc2)cc1. The third-order valence-corrected chi connectivity index (χ3v) is 5.16. The van der Waals surface area contributed by atoms with E-state index in [0.29, 0.717) is 18.2 Å². The normalized spacial score (nSPS) is 10.3. The molecule has 0 saturated carbocycles.